The van der Waals surface area contributed by atoms with Gasteiger partial charge in [-0.1, -0.05) is 6.07 Å². The summed E-state index contributed by atoms with van der Waals surface area (Å²) in [6, 6.07) is 17.8. The molecule has 0 aliphatic carbocycles. The Labute approximate surface area is 191 Å². The summed E-state index contributed by atoms with van der Waals surface area (Å²) in [4.78, 5) is 16.6. The number of aromatic nitrogens is 2. The quantitative estimate of drug-likeness (QED) is 0.467. The number of hydrogen-bond acceptors (Lipinski definition) is 5. The second-order valence-electron chi connectivity index (χ2n) is 7.86. The molecule has 0 radical (unpaired) electrons. The zero-order valence-electron chi connectivity index (χ0n) is 18.0. The first-order chi connectivity index (χ1) is 15.6. The zero-order valence-corrected chi connectivity index (χ0v) is 18.9. The van der Waals surface area contributed by atoms with Gasteiger partial charge in [-0.25, -0.2) is 4.68 Å². The highest BCUT2D eigenvalue weighted by molar-refractivity contribution is 7.10. The van der Waals surface area contributed by atoms with Crippen molar-refractivity contribution in [3.8, 4) is 11.4 Å². The fourth-order valence-electron chi connectivity index (χ4n) is 3.98. The number of hydrogen-bond donors (Lipinski definition) is 1. The summed E-state index contributed by atoms with van der Waals surface area (Å²) in [6.07, 6.45) is 2.85. The van der Waals surface area contributed by atoms with Crippen LogP contribution in [0.2, 0.25) is 0 Å². The number of anilines is 2. The lowest BCUT2D eigenvalue weighted by molar-refractivity contribution is 0.102. The third kappa shape index (κ3) is 3.99. The SMILES string of the molecule is COc1ccc(C)cc1-n1ccc(C(=O)Nc2ccc(N3CCc4sccc4C3)cc2)n1. The van der Waals surface area contributed by atoms with Gasteiger partial charge in [-0.15, -0.1) is 11.3 Å². The summed E-state index contributed by atoms with van der Waals surface area (Å²) in [5.74, 6) is 0.456. The number of carbonyl (C=O) groups is 1. The second-order valence-corrected chi connectivity index (χ2v) is 8.86. The van der Waals surface area contributed by atoms with Gasteiger partial charge in [-0.3, -0.25) is 4.79 Å². The standard InChI is InChI=1S/C25H24N4O2S/c1-17-3-8-23(31-2)22(15-17)29-13-9-21(27-29)25(30)26-19-4-6-20(7-5-19)28-12-10-24-18(16-28)11-14-32-24/h3-9,11,13-15H,10,12,16H2,1-2H3,(H,26,30). The molecule has 1 aliphatic heterocycles. The molecular weight excluding hydrogens is 420 g/mol. The van der Waals surface area contributed by atoms with E-state index in [1.165, 1.54) is 10.4 Å². The van der Waals surface area contributed by atoms with Gasteiger partial charge in [0, 0.05) is 35.5 Å². The normalized spacial score (nSPS) is 13.0. The topological polar surface area (TPSA) is 59.4 Å². The van der Waals surface area contributed by atoms with Crippen LogP contribution in [-0.4, -0.2) is 29.3 Å². The van der Waals surface area contributed by atoms with Crippen LogP contribution >= 0.6 is 11.3 Å². The average Bonchev–Trinajstić information content (AvgIpc) is 3.49. The van der Waals surface area contributed by atoms with Gasteiger partial charge < -0.3 is 15.0 Å². The van der Waals surface area contributed by atoms with Crippen LogP contribution in [0.15, 0.2) is 66.2 Å². The highest BCUT2D eigenvalue weighted by Gasteiger charge is 2.18. The van der Waals surface area contributed by atoms with E-state index in [9.17, 15) is 4.79 Å². The molecule has 1 N–H and O–H groups in total. The highest BCUT2D eigenvalue weighted by Crippen LogP contribution is 2.28. The van der Waals surface area contributed by atoms with Crippen LogP contribution in [0.25, 0.3) is 5.69 Å². The Kier molecular flexibility index (Phi) is 5.41. The summed E-state index contributed by atoms with van der Waals surface area (Å²) >= 11 is 1.84. The van der Waals surface area contributed by atoms with E-state index in [0.29, 0.717) is 11.4 Å². The van der Waals surface area contributed by atoms with Gasteiger partial charge >= 0.3 is 0 Å². The first kappa shape index (κ1) is 20.3. The van der Waals surface area contributed by atoms with Gasteiger partial charge in [0.15, 0.2) is 5.69 Å². The largest absolute Gasteiger partial charge is 0.494 e. The molecule has 0 saturated heterocycles. The number of nitrogens with zero attached hydrogens (tertiary/aromatic N) is 3. The van der Waals surface area contributed by atoms with Crippen molar-refractivity contribution in [3.05, 3.63) is 87.9 Å². The van der Waals surface area contributed by atoms with Crippen LogP contribution in [0.1, 0.15) is 26.5 Å². The molecule has 1 aliphatic rings. The fourth-order valence-corrected chi connectivity index (χ4v) is 4.87. The number of aryl methyl sites for hydroxylation is 1. The van der Waals surface area contributed by atoms with Crippen molar-refractivity contribution >= 4 is 28.6 Å². The molecule has 2 aromatic carbocycles. The summed E-state index contributed by atoms with van der Waals surface area (Å²) in [5, 5.41) is 9.56. The van der Waals surface area contributed by atoms with E-state index in [4.69, 9.17) is 4.74 Å². The van der Waals surface area contributed by atoms with Crippen LogP contribution in [0.4, 0.5) is 11.4 Å². The van der Waals surface area contributed by atoms with Crippen LogP contribution in [0.5, 0.6) is 5.75 Å². The van der Waals surface area contributed by atoms with E-state index in [2.05, 4.69) is 38.9 Å². The van der Waals surface area contributed by atoms with Crippen LogP contribution in [-0.2, 0) is 13.0 Å². The Hall–Kier alpha value is -3.58. The maximum absolute atomic E-state index is 12.7. The number of thiophene rings is 1. The van der Waals surface area contributed by atoms with E-state index in [-0.39, 0.29) is 5.91 Å². The van der Waals surface area contributed by atoms with Crippen LogP contribution in [0.3, 0.4) is 0 Å². The first-order valence-electron chi connectivity index (χ1n) is 10.5. The third-order valence-electron chi connectivity index (χ3n) is 5.70. The zero-order chi connectivity index (χ0) is 22.1. The molecule has 0 spiro atoms. The number of nitrogens with one attached hydrogen (secondary N) is 1. The van der Waals surface area contributed by atoms with E-state index in [1.807, 2.05) is 48.6 Å². The number of methoxy groups -OCH3 is 1. The molecule has 1 amide bonds. The van der Waals surface area contributed by atoms with Crippen molar-refractivity contribution in [2.75, 3.05) is 23.9 Å². The molecule has 0 unspecified atom stereocenters. The van der Waals surface area contributed by atoms with Crippen molar-refractivity contribution in [3.63, 3.8) is 0 Å². The Bertz CT molecular complexity index is 1260. The van der Waals surface area contributed by atoms with E-state index < -0.39 is 0 Å². The van der Waals surface area contributed by atoms with Gasteiger partial charge in [0.1, 0.15) is 11.4 Å². The molecule has 0 fully saturated rings. The lowest BCUT2D eigenvalue weighted by Crippen LogP contribution is -2.29. The number of rotatable bonds is 5. The summed E-state index contributed by atoms with van der Waals surface area (Å²) in [7, 11) is 1.62. The Morgan fingerprint density at radius 1 is 1.12 bits per heavy atom. The van der Waals surface area contributed by atoms with Gasteiger partial charge in [-0.05, 0) is 78.4 Å². The van der Waals surface area contributed by atoms with Gasteiger partial charge in [0.25, 0.3) is 5.91 Å². The lowest BCUT2D eigenvalue weighted by Gasteiger charge is -2.29. The Balaban J connectivity index is 1.27. The molecule has 4 aromatic rings. The predicted molar refractivity (Wildman–Crippen MR) is 128 cm³/mol. The van der Waals surface area contributed by atoms with Crippen LogP contribution in [0, 0.1) is 6.92 Å². The van der Waals surface area contributed by atoms with Gasteiger partial charge in [-0.2, -0.15) is 5.10 Å². The molecule has 162 valence electrons. The summed E-state index contributed by atoms with van der Waals surface area (Å²) in [5.41, 5.74) is 5.56. The Morgan fingerprint density at radius 3 is 2.78 bits per heavy atom. The molecule has 5 rings (SSSR count). The minimum atomic E-state index is -0.246. The maximum Gasteiger partial charge on any atom is 0.276 e. The third-order valence-corrected chi connectivity index (χ3v) is 6.72. The minimum Gasteiger partial charge on any atom is -0.494 e. The maximum atomic E-state index is 12.7. The van der Waals surface area contributed by atoms with Crippen molar-refractivity contribution in [1.82, 2.24) is 9.78 Å². The summed E-state index contributed by atoms with van der Waals surface area (Å²) < 4.78 is 7.10. The molecule has 0 atom stereocenters. The molecule has 0 bridgehead atoms. The number of carbonyl (C=O) groups excluding carboxylic acids is 1. The summed E-state index contributed by atoms with van der Waals surface area (Å²) in [6.45, 7) is 3.95. The smallest absolute Gasteiger partial charge is 0.276 e. The number of benzene rings is 2. The lowest BCUT2D eigenvalue weighted by atomic mass is 10.1. The second kappa shape index (κ2) is 8.51. The number of fused-ring (bicyclic) bond motifs is 1. The predicted octanol–water partition coefficient (Wildman–Crippen LogP) is 5.07. The number of amides is 1. The Morgan fingerprint density at radius 2 is 1.97 bits per heavy atom. The van der Waals surface area contributed by atoms with Crippen molar-refractivity contribution in [1.29, 1.82) is 0 Å². The van der Waals surface area contributed by atoms with E-state index >= 15 is 0 Å². The van der Waals surface area contributed by atoms with Gasteiger partial charge in [0.05, 0.1) is 7.11 Å². The van der Waals surface area contributed by atoms with Crippen molar-refractivity contribution < 1.29 is 9.53 Å². The molecule has 0 saturated carbocycles. The fraction of sp³-hybridized carbons (Fsp3) is 0.200. The van der Waals surface area contributed by atoms with Crippen LogP contribution < -0.4 is 15.0 Å². The van der Waals surface area contributed by atoms with Crippen molar-refractivity contribution in [2.24, 2.45) is 0 Å². The monoisotopic (exact) mass is 444 g/mol. The molecule has 7 heteroatoms. The molecule has 32 heavy (non-hydrogen) atoms. The highest BCUT2D eigenvalue weighted by atomic mass is 32.1. The molecular formula is C25H24N4O2S. The average molecular weight is 445 g/mol. The van der Waals surface area contributed by atoms with Gasteiger partial charge in [0.2, 0.25) is 0 Å². The van der Waals surface area contributed by atoms with E-state index in [1.54, 1.807) is 24.1 Å². The molecule has 2 aromatic heterocycles. The molecule has 3 heterocycles. The number of ether oxygens (including phenoxy) is 1. The minimum absolute atomic E-state index is 0.246. The first-order valence-corrected chi connectivity index (χ1v) is 11.4. The van der Waals surface area contributed by atoms with Crippen molar-refractivity contribution in [2.45, 2.75) is 19.9 Å². The van der Waals surface area contributed by atoms with E-state index in [0.717, 1.165) is 42.1 Å². The molecule has 6 nitrogen and oxygen atoms in total.